The Bertz CT molecular complexity index is 634. The van der Waals surface area contributed by atoms with Crippen molar-refractivity contribution in [2.24, 2.45) is 23.5 Å². The topological polar surface area (TPSA) is 38.9 Å². The largest absolute Gasteiger partial charge is 0.321 e. The Hall–Kier alpha value is -1.41. The van der Waals surface area contributed by atoms with Crippen LogP contribution in [0.25, 0.3) is 10.9 Å². The highest BCUT2D eigenvalue weighted by Gasteiger charge is 2.42. The van der Waals surface area contributed by atoms with Crippen LogP contribution in [0.2, 0.25) is 0 Å². The minimum Gasteiger partial charge on any atom is -0.321 e. The van der Waals surface area contributed by atoms with Gasteiger partial charge in [-0.1, -0.05) is 45.4 Å². The van der Waals surface area contributed by atoms with E-state index in [4.69, 9.17) is 5.73 Å². The van der Waals surface area contributed by atoms with Gasteiger partial charge in [0.25, 0.3) is 0 Å². The van der Waals surface area contributed by atoms with Crippen LogP contribution in [0, 0.1) is 17.8 Å². The minimum absolute atomic E-state index is 0.211. The summed E-state index contributed by atoms with van der Waals surface area (Å²) in [6.45, 7) is 6.95. The van der Waals surface area contributed by atoms with Crippen LogP contribution in [-0.4, -0.2) is 4.98 Å². The molecule has 1 aliphatic carbocycles. The zero-order chi connectivity index (χ0) is 15.0. The maximum absolute atomic E-state index is 6.98. The molecule has 0 amide bonds. The highest BCUT2D eigenvalue weighted by molar-refractivity contribution is 5.79. The molecule has 1 saturated carbocycles. The third-order valence-electron chi connectivity index (χ3n) is 5.27. The van der Waals surface area contributed by atoms with Crippen LogP contribution in [0.15, 0.2) is 36.5 Å². The van der Waals surface area contributed by atoms with Crippen molar-refractivity contribution >= 4 is 10.9 Å². The molecule has 0 saturated heterocycles. The Labute approximate surface area is 127 Å². The normalized spacial score (nSPS) is 30.0. The van der Waals surface area contributed by atoms with Gasteiger partial charge >= 0.3 is 0 Å². The van der Waals surface area contributed by atoms with Gasteiger partial charge in [-0.05, 0) is 48.3 Å². The van der Waals surface area contributed by atoms with Crippen molar-refractivity contribution in [2.75, 3.05) is 0 Å². The summed E-state index contributed by atoms with van der Waals surface area (Å²) in [7, 11) is 0. The zero-order valence-corrected chi connectivity index (χ0v) is 13.3. The highest BCUT2D eigenvalue weighted by atomic mass is 14.8. The van der Waals surface area contributed by atoms with Gasteiger partial charge in [-0.15, -0.1) is 0 Å². The molecule has 3 rings (SSSR count). The molecule has 112 valence electrons. The summed E-state index contributed by atoms with van der Waals surface area (Å²) in [5, 5.41) is 1.19. The summed E-state index contributed by atoms with van der Waals surface area (Å²) in [5.41, 5.74) is 9.09. The summed E-state index contributed by atoms with van der Waals surface area (Å²) in [5.74, 6) is 1.86. The van der Waals surface area contributed by atoms with Gasteiger partial charge in [-0.25, -0.2) is 0 Å². The van der Waals surface area contributed by atoms with Crippen LogP contribution in [0.5, 0.6) is 0 Å². The van der Waals surface area contributed by atoms with Gasteiger partial charge in [0, 0.05) is 17.1 Å². The van der Waals surface area contributed by atoms with Crippen molar-refractivity contribution < 1.29 is 0 Å². The van der Waals surface area contributed by atoms with Crippen LogP contribution in [0.3, 0.4) is 0 Å². The van der Waals surface area contributed by atoms with Gasteiger partial charge in [0.15, 0.2) is 0 Å². The molecule has 1 aromatic carbocycles. The number of rotatable bonds is 2. The van der Waals surface area contributed by atoms with E-state index >= 15 is 0 Å². The quantitative estimate of drug-likeness (QED) is 0.882. The Kier molecular flexibility index (Phi) is 3.75. The van der Waals surface area contributed by atoms with Crippen molar-refractivity contribution in [3.8, 4) is 0 Å². The van der Waals surface area contributed by atoms with Gasteiger partial charge in [-0.3, -0.25) is 4.98 Å². The van der Waals surface area contributed by atoms with E-state index in [1.54, 1.807) is 0 Å². The summed E-state index contributed by atoms with van der Waals surface area (Å²) in [6.07, 6.45) is 5.47. The van der Waals surface area contributed by atoms with E-state index in [9.17, 15) is 0 Å². The van der Waals surface area contributed by atoms with E-state index < -0.39 is 0 Å². The second kappa shape index (κ2) is 5.42. The molecule has 0 spiro atoms. The smallest absolute Gasteiger partial charge is 0.0705 e. The number of hydrogen-bond donors (Lipinski definition) is 1. The lowest BCUT2D eigenvalue weighted by molar-refractivity contribution is 0.108. The van der Waals surface area contributed by atoms with Gasteiger partial charge in [0.05, 0.1) is 5.52 Å². The Morgan fingerprint density at radius 3 is 2.81 bits per heavy atom. The van der Waals surface area contributed by atoms with Crippen LogP contribution in [-0.2, 0) is 5.54 Å². The lowest BCUT2D eigenvalue weighted by Crippen LogP contribution is -2.50. The predicted molar refractivity (Wildman–Crippen MR) is 89.0 cm³/mol. The molecule has 1 heterocycles. The highest BCUT2D eigenvalue weighted by Crippen LogP contribution is 2.45. The first-order valence-corrected chi connectivity index (χ1v) is 8.15. The van der Waals surface area contributed by atoms with Gasteiger partial charge in [0.1, 0.15) is 0 Å². The maximum Gasteiger partial charge on any atom is 0.0705 e. The van der Waals surface area contributed by atoms with E-state index in [0.29, 0.717) is 17.8 Å². The van der Waals surface area contributed by atoms with E-state index in [1.807, 2.05) is 12.3 Å². The molecule has 0 radical (unpaired) electrons. The van der Waals surface area contributed by atoms with E-state index in [2.05, 4.69) is 50.0 Å². The number of benzene rings is 1. The Morgan fingerprint density at radius 2 is 2.05 bits per heavy atom. The van der Waals surface area contributed by atoms with Crippen molar-refractivity contribution in [1.82, 2.24) is 4.98 Å². The Balaban J connectivity index is 2.07. The first-order chi connectivity index (χ1) is 10.0. The SMILES string of the molecule is CC1CCC(C(C)C)C(N)(c2ccc3cccnc3c2)C1. The number of pyridine rings is 1. The van der Waals surface area contributed by atoms with Crippen molar-refractivity contribution in [2.45, 2.75) is 45.6 Å². The molecule has 21 heavy (non-hydrogen) atoms. The summed E-state index contributed by atoms with van der Waals surface area (Å²) >= 11 is 0. The number of nitrogens with two attached hydrogens (primary N) is 1. The third kappa shape index (κ3) is 2.57. The molecule has 3 unspecified atom stereocenters. The standard InChI is InChI=1S/C19H26N2/c1-13(2)17-9-6-14(3)12-19(17,20)16-8-7-15-5-4-10-21-18(15)11-16/h4-5,7-8,10-11,13-14,17H,6,9,12,20H2,1-3H3. The average Bonchev–Trinajstić information content (AvgIpc) is 2.46. The number of fused-ring (bicyclic) bond motifs is 1. The lowest BCUT2D eigenvalue weighted by Gasteiger charge is -2.46. The van der Waals surface area contributed by atoms with E-state index in [0.717, 1.165) is 11.9 Å². The molecule has 3 atom stereocenters. The number of hydrogen-bond acceptors (Lipinski definition) is 2. The van der Waals surface area contributed by atoms with Gasteiger partial charge in [-0.2, -0.15) is 0 Å². The molecular weight excluding hydrogens is 256 g/mol. The molecule has 2 heteroatoms. The van der Waals surface area contributed by atoms with Crippen LogP contribution < -0.4 is 5.73 Å². The van der Waals surface area contributed by atoms with Crippen LogP contribution in [0.4, 0.5) is 0 Å². The summed E-state index contributed by atoms with van der Waals surface area (Å²) in [4.78, 5) is 4.50. The molecule has 2 aromatic rings. The molecule has 0 aliphatic heterocycles. The molecule has 1 aliphatic rings. The second-order valence-electron chi connectivity index (χ2n) is 7.19. The molecule has 2 nitrogen and oxygen atoms in total. The fourth-order valence-electron chi connectivity index (χ4n) is 4.17. The Morgan fingerprint density at radius 1 is 1.24 bits per heavy atom. The zero-order valence-electron chi connectivity index (χ0n) is 13.3. The van der Waals surface area contributed by atoms with Crippen molar-refractivity contribution in [1.29, 1.82) is 0 Å². The molecular formula is C19H26N2. The fourth-order valence-corrected chi connectivity index (χ4v) is 4.17. The van der Waals surface area contributed by atoms with Crippen molar-refractivity contribution in [3.05, 3.63) is 42.1 Å². The van der Waals surface area contributed by atoms with Gasteiger partial charge in [0.2, 0.25) is 0 Å². The maximum atomic E-state index is 6.98. The average molecular weight is 282 g/mol. The third-order valence-corrected chi connectivity index (χ3v) is 5.27. The van der Waals surface area contributed by atoms with Gasteiger partial charge < -0.3 is 5.73 Å². The molecule has 1 fully saturated rings. The minimum atomic E-state index is -0.211. The molecule has 0 bridgehead atoms. The first kappa shape index (κ1) is 14.5. The van der Waals surface area contributed by atoms with E-state index in [-0.39, 0.29) is 5.54 Å². The second-order valence-corrected chi connectivity index (χ2v) is 7.19. The monoisotopic (exact) mass is 282 g/mol. The summed E-state index contributed by atoms with van der Waals surface area (Å²) in [6, 6.07) is 10.7. The van der Waals surface area contributed by atoms with Crippen LogP contribution >= 0.6 is 0 Å². The molecule has 2 N–H and O–H groups in total. The van der Waals surface area contributed by atoms with E-state index in [1.165, 1.54) is 23.8 Å². The lowest BCUT2D eigenvalue weighted by atomic mass is 9.62. The first-order valence-electron chi connectivity index (χ1n) is 8.15. The van der Waals surface area contributed by atoms with Crippen LogP contribution in [0.1, 0.15) is 45.6 Å². The van der Waals surface area contributed by atoms with Crippen molar-refractivity contribution in [3.63, 3.8) is 0 Å². The number of aromatic nitrogens is 1. The predicted octanol–water partition coefficient (Wildman–Crippen LogP) is 4.48. The molecule has 1 aromatic heterocycles. The fraction of sp³-hybridized carbons (Fsp3) is 0.526. The summed E-state index contributed by atoms with van der Waals surface area (Å²) < 4.78 is 0. The number of nitrogens with zero attached hydrogens (tertiary/aromatic N) is 1.